The molecule has 2 aromatic rings. The highest BCUT2D eigenvalue weighted by Gasteiger charge is 2.20. The van der Waals surface area contributed by atoms with E-state index >= 15 is 0 Å². The third-order valence-electron chi connectivity index (χ3n) is 2.80. The average molecular weight is 384 g/mol. The van der Waals surface area contributed by atoms with Crippen LogP contribution in [-0.2, 0) is 4.74 Å². The Morgan fingerprint density at radius 1 is 1.38 bits per heavy atom. The van der Waals surface area contributed by atoms with Crippen molar-refractivity contribution in [2.24, 2.45) is 0 Å². The molecule has 1 aromatic heterocycles. The van der Waals surface area contributed by atoms with Crippen molar-refractivity contribution >= 4 is 40.6 Å². The van der Waals surface area contributed by atoms with Gasteiger partial charge in [0.1, 0.15) is 17.6 Å². The zero-order chi connectivity index (χ0) is 19.5. The van der Waals surface area contributed by atoms with Gasteiger partial charge in [0.05, 0.1) is 10.6 Å². The summed E-state index contributed by atoms with van der Waals surface area (Å²) in [4.78, 5) is 29.3. The van der Waals surface area contributed by atoms with Gasteiger partial charge in [-0.3, -0.25) is 15.4 Å². The summed E-state index contributed by atoms with van der Waals surface area (Å²) in [6.07, 6.45) is 0.171. The molecule has 0 aliphatic rings. The molecule has 1 amide bonds. The van der Waals surface area contributed by atoms with Crippen LogP contribution in [-0.4, -0.2) is 26.6 Å². The number of amides is 1. The molecule has 0 fully saturated rings. The Morgan fingerprint density at radius 2 is 2.08 bits per heavy atom. The van der Waals surface area contributed by atoms with E-state index in [1.807, 2.05) is 0 Å². The van der Waals surface area contributed by atoms with Gasteiger partial charge < -0.3 is 10.1 Å². The zero-order valence-electron chi connectivity index (χ0n) is 14.0. The molecule has 9 nitrogen and oxygen atoms in total. The van der Waals surface area contributed by atoms with Crippen LogP contribution in [0.2, 0.25) is 5.28 Å². The van der Waals surface area contributed by atoms with Crippen molar-refractivity contribution in [2.45, 2.75) is 26.4 Å². The maximum atomic E-state index is 14.0. The van der Waals surface area contributed by atoms with Gasteiger partial charge >= 0.3 is 11.8 Å². The molecule has 0 saturated heterocycles. The Labute approximate surface area is 152 Å². The number of hydrogen-bond donors (Lipinski definition) is 2. The van der Waals surface area contributed by atoms with Gasteiger partial charge in [0.2, 0.25) is 11.1 Å². The number of aromatic nitrogens is 2. The summed E-state index contributed by atoms with van der Waals surface area (Å²) in [7, 11) is 0. The van der Waals surface area contributed by atoms with Gasteiger partial charge in [0.15, 0.2) is 0 Å². The van der Waals surface area contributed by atoms with Gasteiger partial charge in [-0.1, -0.05) is 0 Å². The van der Waals surface area contributed by atoms with Crippen molar-refractivity contribution in [1.82, 2.24) is 9.97 Å². The van der Waals surface area contributed by atoms with E-state index in [4.69, 9.17) is 16.3 Å². The van der Waals surface area contributed by atoms with Gasteiger partial charge in [-0.05, 0) is 50.6 Å². The molecule has 1 aromatic carbocycles. The predicted molar refractivity (Wildman–Crippen MR) is 93.2 cm³/mol. The molecule has 0 saturated carbocycles. The van der Waals surface area contributed by atoms with Crippen molar-refractivity contribution < 1.29 is 18.8 Å². The fourth-order valence-corrected chi connectivity index (χ4v) is 1.96. The predicted octanol–water partition coefficient (Wildman–Crippen LogP) is 4.27. The summed E-state index contributed by atoms with van der Waals surface area (Å²) in [6, 6.07) is 3.62. The topological polar surface area (TPSA) is 119 Å². The van der Waals surface area contributed by atoms with Gasteiger partial charge in [0.25, 0.3) is 0 Å². The van der Waals surface area contributed by atoms with Gasteiger partial charge in [-0.25, -0.2) is 14.2 Å². The SMILES string of the molecule is CC(C)(C)OC(=O)Nc1ccc(F)c(Nc2nc(Cl)ncc2[N+](=O)[O-])c1. The first-order valence-electron chi connectivity index (χ1n) is 7.28. The number of nitrogens with zero attached hydrogens (tertiary/aromatic N) is 3. The second-order valence-corrected chi connectivity index (χ2v) is 6.41. The number of nitrogens with one attached hydrogen (secondary N) is 2. The lowest BCUT2D eigenvalue weighted by Crippen LogP contribution is -2.27. The monoisotopic (exact) mass is 383 g/mol. The zero-order valence-corrected chi connectivity index (χ0v) is 14.8. The normalized spacial score (nSPS) is 11.0. The van der Waals surface area contributed by atoms with Gasteiger partial charge in [-0.2, -0.15) is 4.98 Å². The highest BCUT2D eigenvalue weighted by molar-refractivity contribution is 6.28. The standard InChI is InChI=1S/C15H15ClFN5O4/c1-15(2,3)26-14(23)19-8-4-5-9(17)10(6-8)20-12-11(22(24)25)7-18-13(16)21-12/h4-7H,1-3H3,(H,19,23)(H,18,20,21). The van der Waals surface area contributed by atoms with E-state index in [2.05, 4.69) is 20.6 Å². The molecule has 1 heterocycles. The largest absolute Gasteiger partial charge is 0.444 e. The summed E-state index contributed by atoms with van der Waals surface area (Å²) < 4.78 is 19.1. The maximum absolute atomic E-state index is 14.0. The summed E-state index contributed by atoms with van der Waals surface area (Å²) in [5.74, 6) is -1.01. The van der Waals surface area contributed by atoms with Crippen molar-refractivity contribution in [3.63, 3.8) is 0 Å². The van der Waals surface area contributed by atoms with Crippen LogP contribution in [0.5, 0.6) is 0 Å². The van der Waals surface area contributed by atoms with Crippen LogP contribution in [0.1, 0.15) is 20.8 Å². The highest BCUT2D eigenvalue weighted by Crippen LogP contribution is 2.29. The van der Waals surface area contributed by atoms with Crippen LogP contribution in [0.3, 0.4) is 0 Å². The lowest BCUT2D eigenvalue weighted by atomic mass is 10.2. The molecule has 0 aliphatic carbocycles. The fraction of sp³-hybridized carbons (Fsp3) is 0.267. The maximum Gasteiger partial charge on any atom is 0.412 e. The molecule has 11 heteroatoms. The fourth-order valence-electron chi connectivity index (χ4n) is 1.83. The van der Waals surface area contributed by atoms with E-state index in [-0.39, 0.29) is 22.5 Å². The van der Waals surface area contributed by atoms with E-state index in [1.54, 1.807) is 20.8 Å². The lowest BCUT2D eigenvalue weighted by molar-refractivity contribution is -0.384. The first-order valence-corrected chi connectivity index (χ1v) is 7.66. The molecule has 0 radical (unpaired) electrons. The first kappa shape index (κ1) is 19.3. The Kier molecular flexibility index (Phi) is 5.56. The third kappa shape index (κ3) is 5.24. The van der Waals surface area contributed by atoms with Crippen molar-refractivity contribution in [3.05, 3.63) is 45.6 Å². The van der Waals surface area contributed by atoms with Crippen LogP contribution in [0.15, 0.2) is 24.4 Å². The number of hydrogen-bond acceptors (Lipinski definition) is 7. The molecule has 0 bridgehead atoms. The van der Waals surface area contributed by atoms with Crippen molar-refractivity contribution in [2.75, 3.05) is 10.6 Å². The summed E-state index contributed by atoms with van der Waals surface area (Å²) in [6.45, 7) is 5.09. The minimum Gasteiger partial charge on any atom is -0.444 e. The van der Waals surface area contributed by atoms with E-state index in [0.29, 0.717) is 0 Å². The third-order valence-corrected chi connectivity index (χ3v) is 2.98. The molecule has 2 rings (SSSR count). The highest BCUT2D eigenvalue weighted by atomic mass is 35.5. The van der Waals surface area contributed by atoms with Crippen LogP contribution >= 0.6 is 11.6 Å². The summed E-state index contributed by atoms with van der Waals surface area (Å²) in [5, 5.41) is 15.7. The van der Waals surface area contributed by atoms with E-state index in [9.17, 15) is 19.3 Å². The van der Waals surface area contributed by atoms with Crippen molar-refractivity contribution in [1.29, 1.82) is 0 Å². The second-order valence-electron chi connectivity index (χ2n) is 6.08. The number of carbonyl (C=O) groups is 1. The minimum absolute atomic E-state index is 0.156. The smallest absolute Gasteiger partial charge is 0.412 e. The molecular weight excluding hydrogens is 369 g/mol. The molecule has 0 spiro atoms. The number of nitro groups is 1. The Hall–Kier alpha value is -3.01. The average Bonchev–Trinajstić information content (AvgIpc) is 2.48. The number of benzene rings is 1. The van der Waals surface area contributed by atoms with E-state index < -0.39 is 28.1 Å². The Morgan fingerprint density at radius 3 is 2.69 bits per heavy atom. The van der Waals surface area contributed by atoms with Crippen LogP contribution in [0.4, 0.5) is 32.1 Å². The second kappa shape index (κ2) is 7.48. The van der Waals surface area contributed by atoms with Gasteiger partial charge in [0, 0.05) is 5.69 Å². The molecule has 0 unspecified atom stereocenters. The molecule has 0 atom stereocenters. The number of halogens is 2. The molecule has 2 N–H and O–H groups in total. The Bertz CT molecular complexity index is 856. The summed E-state index contributed by atoms with van der Waals surface area (Å²) in [5.41, 5.74) is -1.13. The lowest BCUT2D eigenvalue weighted by Gasteiger charge is -2.20. The van der Waals surface area contributed by atoms with E-state index in [1.165, 1.54) is 12.1 Å². The molecule has 26 heavy (non-hydrogen) atoms. The first-order chi connectivity index (χ1) is 12.0. The van der Waals surface area contributed by atoms with Gasteiger partial charge in [-0.15, -0.1) is 0 Å². The van der Waals surface area contributed by atoms with Crippen LogP contribution in [0.25, 0.3) is 0 Å². The number of anilines is 3. The quantitative estimate of drug-likeness (QED) is 0.459. The molecule has 0 aliphatic heterocycles. The van der Waals surface area contributed by atoms with Crippen molar-refractivity contribution in [3.8, 4) is 0 Å². The van der Waals surface area contributed by atoms with Crippen LogP contribution in [0, 0.1) is 15.9 Å². The minimum atomic E-state index is -0.737. The number of carbonyl (C=O) groups excluding carboxylic acids is 1. The van der Waals surface area contributed by atoms with Crippen LogP contribution < -0.4 is 10.6 Å². The Balaban J connectivity index is 2.27. The number of ether oxygens (including phenoxy) is 1. The molecular formula is C15H15ClFN5O4. The molecule has 138 valence electrons. The number of rotatable bonds is 4. The van der Waals surface area contributed by atoms with E-state index in [0.717, 1.165) is 12.3 Å². The summed E-state index contributed by atoms with van der Waals surface area (Å²) >= 11 is 5.64.